The summed E-state index contributed by atoms with van der Waals surface area (Å²) in [4.78, 5) is 23.0. The molecule has 6 heteroatoms. The molecule has 1 aliphatic rings. The van der Waals surface area contributed by atoms with Gasteiger partial charge in [0.2, 0.25) is 0 Å². The molecule has 0 bridgehead atoms. The Hall–Kier alpha value is -2.37. The largest absolute Gasteiger partial charge is 0.330 e. The average Bonchev–Trinajstić information content (AvgIpc) is 2.97. The summed E-state index contributed by atoms with van der Waals surface area (Å²) in [6.07, 6.45) is 8.39. The van der Waals surface area contributed by atoms with Crippen LogP contribution in [0.4, 0.5) is 0 Å². The van der Waals surface area contributed by atoms with Gasteiger partial charge in [0.05, 0.1) is 41.6 Å². The lowest BCUT2D eigenvalue weighted by atomic mass is 10.1. The maximum atomic E-state index is 12.5. The second-order valence-electron chi connectivity index (χ2n) is 4.87. The fourth-order valence-corrected chi connectivity index (χ4v) is 2.54. The van der Waals surface area contributed by atoms with Gasteiger partial charge in [0, 0.05) is 12.7 Å². The normalized spacial score (nSPS) is 18.2. The number of aromatic nitrogens is 4. The van der Waals surface area contributed by atoms with Crippen LogP contribution >= 0.6 is 0 Å². The molecule has 0 aliphatic carbocycles. The average molecular weight is 269 g/mol. The van der Waals surface area contributed by atoms with Crippen LogP contribution in [0.1, 0.15) is 40.6 Å². The molecule has 2 aromatic rings. The molecule has 3 heterocycles. The van der Waals surface area contributed by atoms with Crippen molar-refractivity contribution in [3.63, 3.8) is 0 Å². The van der Waals surface area contributed by atoms with E-state index in [9.17, 15) is 4.79 Å². The summed E-state index contributed by atoms with van der Waals surface area (Å²) in [7, 11) is 0. The predicted molar refractivity (Wildman–Crippen MR) is 71.8 cm³/mol. The van der Waals surface area contributed by atoms with E-state index in [0.29, 0.717) is 5.56 Å². The zero-order valence-corrected chi connectivity index (χ0v) is 11.2. The second-order valence-corrected chi connectivity index (χ2v) is 4.87. The van der Waals surface area contributed by atoms with Gasteiger partial charge < -0.3 is 4.90 Å². The van der Waals surface area contributed by atoms with Crippen LogP contribution < -0.4 is 0 Å². The second kappa shape index (κ2) is 5.32. The molecule has 0 radical (unpaired) electrons. The quantitative estimate of drug-likeness (QED) is 0.827. The highest BCUT2D eigenvalue weighted by molar-refractivity contribution is 5.94. The van der Waals surface area contributed by atoms with Crippen LogP contribution in [0.25, 0.3) is 0 Å². The van der Waals surface area contributed by atoms with Gasteiger partial charge in [-0.05, 0) is 25.8 Å². The summed E-state index contributed by atoms with van der Waals surface area (Å²) in [5, 5.41) is 7.46. The van der Waals surface area contributed by atoms with Gasteiger partial charge in [0.1, 0.15) is 0 Å². The summed E-state index contributed by atoms with van der Waals surface area (Å²) >= 11 is 0. The number of rotatable bonds is 2. The van der Waals surface area contributed by atoms with E-state index in [1.54, 1.807) is 18.5 Å². The van der Waals surface area contributed by atoms with Crippen LogP contribution in [-0.4, -0.2) is 37.5 Å². The molecule has 102 valence electrons. The third-order valence-corrected chi connectivity index (χ3v) is 3.46. The minimum absolute atomic E-state index is 0.00284. The van der Waals surface area contributed by atoms with Crippen LogP contribution in [-0.2, 0) is 0 Å². The van der Waals surface area contributed by atoms with Crippen molar-refractivity contribution in [2.75, 3.05) is 6.54 Å². The first-order valence-corrected chi connectivity index (χ1v) is 6.62. The van der Waals surface area contributed by atoms with E-state index in [-0.39, 0.29) is 11.9 Å². The number of carbonyl (C=O) groups excluding carboxylic acids is 1. The molecule has 3 rings (SSSR count). The first-order valence-electron chi connectivity index (χ1n) is 6.62. The third kappa shape index (κ3) is 2.36. The maximum absolute atomic E-state index is 12.5. The van der Waals surface area contributed by atoms with E-state index in [2.05, 4.69) is 20.2 Å². The Morgan fingerprint density at radius 3 is 2.95 bits per heavy atom. The van der Waals surface area contributed by atoms with Gasteiger partial charge in [-0.2, -0.15) is 10.2 Å². The number of nitrogens with zero attached hydrogens (tertiary/aromatic N) is 5. The van der Waals surface area contributed by atoms with Crippen molar-refractivity contribution in [2.24, 2.45) is 0 Å². The van der Waals surface area contributed by atoms with Crippen molar-refractivity contribution < 1.29 is 4.79 Å². The fourth-order valence-electron chi connectivity index (χ4n) is 2.54. The summed E-state index contributed by atoms with van der Waals surface area (Å²) in [6, 6.07) is 1.69. The molecule has 0 spiro atoms. The van der Waals surface area contributed by atoms with Gasteiger partial charge in [0.15, 0.2) is 0 Å². The summed E-state index contributed by atoms with van der Waals surface area (Å²) < 4.78 is 0. The molecular formula is C14H15N5O. The van der Waals surface area contributed by atoms with Gasteiger partial charge in [-0.3, -0.25) is 14.8 Å². The van der Waals surface area contributed by atoms with Crippen molar-refractivity contribution in [2.45, 2.75) is 25.8 Å². The van der Waals surface area contributed by atoms with Crippen LogP contribution in [0.3, 0.4) is 0 Å². The van der Waals surface area contributed by atoms with Crippen LogP contribution in [0.5, 0.6) is 0 Å². The SMILES string of the molecule is Cc1cncc(C2CCCN2C(=O)c2ccnnc2)n1. The van der Waals surface area contributed by atoms with Crippen LogP contribution in [0, 0.1) is 6.92 Å². The zero-order chi connectivity index (χ0) is 13.9. The molecule has 0 N–H and O–H groups in total. The highest BCUT2D eigenvalue weighted by atomic mass is 16.2. The Labute approximate surface area is 116 Å². The van der Waals surface area contributed by atoms with Gasteiger partial charge in [-0.25, -0.2) is 0 Å². The molecule has 0 saturated carbocycles. The Morgan fingerprint density at radius 1 is 1.30 bits per heavy atom. The number of hydrogen-bond donors (Lipinski definition) is 0. The first-order chi connectivity index (χ1) is 9.75. The third-order valence-electron chi connectivity index (χ3n) is 3.46. The van der Waals surface area contributed by atoms with E-state index in [1.807, 2.05) is 11.8 Å². The number of amides is 1. The molecule has 1 unspecified atom stereocenters. The lowest BCUT2D eigenvalue weighted by Crippen LogP contribution is -2.31. The number of carbonyl (C=O) groups is 1. The minimum atomic E-state index is -0.0225. The number of likely N-dealkylation sites (tertiary alicyclic amines) is 1. The summed E-state index contributed by atoms with van der Waals surface area (Å²) in [5.41, 5.74) is 2.29. The molecule has 1 saturated heterocycles. The van der Waals surface area contributed by atoms with Gasteiger partial charge in [0.25, 0.3) is 5.91 Å². The van der Waals surface area contributed by atoms with Crippen LogP contribution in [0.2, 0.25) is 0 Å². The number of aryl methyl sites for hydroxylation is 1. The Kier molecular flexibility index (Phi) is 3.37. The van der Waals surface area contributed by atoms with Crippen molar-refractivity contribution in [1.82, 2.24) is 25.1 Å². The van der Waals surface area contributed by atoms with Crippen molar-refractivity contribution in [3.05, 3.63) is 47.8 Å². The summed E-state index contributed by atoms with van der Waals surface area (Å²) in [5.74, 6) is -0.0225. The van der Waals surface area contributed by atoms with Crippen LogP contribution in [0.15, 0.2) is 30.9 Å². The summed E-state index contributed by atoms with van der Waals surface area (Å²) in [6.45, 7) is 2.64. The van der Waals surface area contributed by atoms with Gasteiger partial charge >= 0.3 is 0 Å². The van der Waals surface area contributed by atoms with E-state index >= 15 is 0 Å². The fraction of sp³-hybridized carbons (Fsp3) is 0.357. The van der Waals surface area contributed by atoms with Crippen molar-refractivity contribution in [3.8, 4) is 0 Å². The minimum Gasteiger partial charge on any atom is -0.330 e. The van der Waals surface area contributed by atoms with E-state index in [0.717, 1.165) is 30.8 Å². The highest BCUT2D eigenvalue weighted by Crippen LogP contribution is 2.31. The van der Waals surface area contributed by atoms with Gasteiger partial charge in [-0.1, -0.05) is 0 Å². The lowest BCUT2D eigenvalue weighted by Gasteiger charge is -2.24. The Morgan fingerprint density at radius 2 is 2.20 bits per heavy atom. The molecule has 6 nitrogen and oxygen atoms in total. The molecular weight excluding hydrogens is 254 g/mol. The zero-order valence-electron chi connectivity index (χ0n) is 11.2. The predicted octanol–water partition coefficient (Wildman–Crippen LogP) is 1.55. The monoisotopic (exact) mass is 269 g/mol. The molecule has 0 aromatic carbocycles. The number of hydrogen-bond acceptors (Lipinski definition) is 5. The Balaban J connectivity index is 1.88. The van der Waals surface area contributed by atoms with E-state index in [4.69, 9.17) is 0 Å². The van der Waals surface area contributed by atoms with E-state index in [1.165, 1.54) is 12.4 Å². The Bertz CT molecular complexity index is 616. The highest BCUT2D eigenvalue weighted by Gasteiger charge is 2.31. The molecule has 20 heavy (non-hydrogen) atoms. The van der Waals surface area contributed by atoms with Crippen molar-refractivity contribution >= 4 is 5.91 Å². The molecule has 1 amide bonds. The molecule has 1 aliphatic heterocycles. The standard InChI is InChI=1S/C14H15N5O/c1-10-7-15-9-12(18-10)13-3-2-6-19(13)14(20)11-4-5-16-17-8-11/h4-5,7-9,13H,2-3,6H2,1H3. The lowest BCUT2D eigenvalue weighted by molar-refractivity contribution is 0.0732. The molecule has 1 fully saturated rings. The van der Waals surface area contributed by atoms with Gasteiger partial charge in [-0.15, -0.1) is 0 Å². The smallest absolute Gasteiger partial charge is 0.256 e. The molecule has 1 atom stereocenters. The van der Waals surface area contributed by atoms with Crippen molar-refractivity contribution in [1.29, 1.82) is 0 Å². The molecule has 2 aromatic heterocycles. The van der Waals surface area contributed by atoms with E-state index < -0.39 is 0 Å². The topological polar surface area (TPSA) is 71.9 Å². The first kappa shape index (κ1) is 12.7. The maximum Gasteiger partial charge on any atom is 0.256 e.